The number of para-hydroxylation sites is 1. The number of imide groups is 1. The Morgan fingerprint density at radius 1 is 0.827 bits per heavy atom. The standard InChI is InChI=1S/C39H29N5O4S4/c1-21(50-39-42-29-17-15-23(19-33(29)52-39)43-36(47)26-10-2-3-11-27(26)37(43)48)35(46)40-22-14-16-28-32(18-22)51-38(41-28)49-20-34(45)44-30-12-6-4-8-24(30)25-9-5-7-13-31(25)44/h2-4,6,8,10-12,14-19,21H,5,7,9,13,20H2,1H3,(H,40,46). The molecule has 258 valence electrons. The molecule has 0 radical (unpaired) electrons. The molecule has 7 aromatic rings. The van der Waals surface area contributed by atoms with Gasteiger partial charge in [-0.1, -0.05) is 53.9 Å². The van der Waals surface area contributed by atoms with Crippen LogP contribution in [0.5, 0.6) is 0 Å². The van der Waals surface area contributed by atoms with E-state index in [2.05, 4.69) is 11.4 Å². The molecule has 3 amide bonds. The van der Waals surface area contributed by atoms with Gasteiger partial charge in [0.25, 0.3) is 11.8 Å². The lowest BCUT2D eigenvalue weighted by Gasteiger charge is -2.14. The zero-order chi connectivity index (χ0) is 35.5. The normalized spacial score (nSPS) is 14.7. The van der Waals surface area contributed by atoms with Crippen molar-refractivity contribution in [3.63, 3.8) is 0 Å². The second-order valence-corrected chi connectivity index (χ2v) is 17.6. The molecule has 0 bridgehead atoms. The van der Waals surface area contributed by atoms with Crippen molar-refractivity contribution in [2.45, 2.75) is 46.5 Å². The largest absolute Gasteiger partial charge is 0.325 e. The van der Waals surface area contributed by atoms with E-state index in [9.17, 15) is 19.2 Å². The molecule has 52 heavy (non-hydrogen) atoms. The van der Waals surface area contributed by atoms with Crippen LogP contribution in [0.15, 0.2) is 93.6 Å². The number of thioether (sulfide) groups is 2. The first-order valence-corrected chi connectivity index (χ1v) is 20.4. The van der Waals surface area contributed by atoms with E-state index in [1.807, 2.05) is 47.9 Å². The van der Waals surface area contributed by atoms with Crippen molar-refractivity contribution in [2.75, 3.05) is 16.0 Å². The Morgan fingerprint density at radius 2 is 1.50 bits per heavy atom. The van der Waals surface area contributed by atoms with E-state index < -0.39 is 5.25 Å². The predicted octanol–water partition coefficient (Wildman–Crippen LogP) is 9.09. The zero-order valence-corrected chi connectivity index (χ0v) is 31.0. The molecule has 9 nitrogen and oxygen atoms in total. The summed E-state index contributed by atoms with van der Waals surface area (Å²) >= 11 is 5.73. The number of nitrogens with zero attached hydrogens (tertiary/aromatic N) is 4. The maximum atomic E-state index is 13.6. The number of benzene rings is 4. The van der Waals surface area contributed by atoms with Crippen LogP contribution in [0.4, 0.5) is 11.4 Å². The Balaban J connectivity index is 0.850. The van der Waals surface area contributed by atoms with Crippen LogP contribution in [0.1, 0.15) is 56.5 Å². The van der Waals surface area contributed by atoms with Crippen molar-refractivity contribution < 1.29 is 19.2 Å². The lowest BCUT2D eigenvalue weighted by molar-refractivity contribution is -0.115. The number of carbonyl (C=O) groups is 4. The minimum absolute atomic E-state index is 0.0689. The highest BCUT2D eigenvalue weighted by Gasteiger charge is 2.36. The molecule has 2 aliphatic rings. The first kappa shape index (κ1) is 33.0. The second-order valence-electron chi connectivity index (χ2n) is 12.7. The van der Waals surface area contributed by atoms with E-state index in [4.69, 9.17) is 9.97 Å². The Bertz CT molecular complexity index is 2590. The van der Waals surface area contributed by atoms with E-state index in [1.165, 1.54) is 62.0 Å². The Kier molecular flexibility index (Phi) is 8.45. The monoisotopic (exact) mass is 759 g/mol. The van der Waals surface area contributed by atoms with Gasteiger partial charge in [0, 0.05) is 16.8 Å². The fraction of sp³-hybridized carbons (Fsp3) is 0.179. The molecule has 13 heteroatoms. The number of rotatable bonds is 8. The third kappa shape index (κ3) is 5.81. The number of fused-ring (bicyclic) bond motifs is 6. The molecular formula is C39H29N5O4S4. The van der Waals surface area contributed by atoms with E-state index in [-0.39, 0.29) is 23.6 Å². The van der Waals surface area contributed by atoms with Crippen molar-refractivity contribution >= 4 is 113 Å². The van der Waals surface area contributed by atoms with Crippen LogP contribution in [0.2, 0.25) is 0 Å². The maximum Gasteiger partial charge on any atom is 0.266 e. The Hall–Kier alpha value is -4.82. The van der Waals surface area contributed by atoms with Crippen molar-refractivity contribution in [1.29, 1.82) is 0 Å². The number of hydrogen-bond acceptors (Lipinski definition) is 10. The molecule has 4 aromatic carbocycles. The van der Waals surface area contributed by atoms with Gasteiger partial charge in [0.15, 0.2) is 8.68 Å². The maximum absolute atomic E-state index is 13.6. The predicted molar refractivity (Wildman–Crippen MR) is 211 cm³/mol. The fourth-order valence-electron chi connectivity index (χ4n) is 6.97. The smallest absolute Gasteiger partial charge is 0.266 e. The number of aryl methyl sites for hydroxylation is 1. The van der Waals surface area contributed by atoms with E-state index in [0.717, 1.165) is 61.7 Å². The molecule has 4 heterocycles. The van der Waals surface area contributed by atoms with Crippen LogP contribution in [0.25, 0.3) is 31.3 Å². The average Bonchev–Trinajstić information content (AvgIpc) is 3.91. The van der Waals surface area contributed by atoms with Gasteiger partial charge in [0.05, 0.1) is 53.8 Å². The van der Waals surface area contributed by atoms with E-state index >= 15 is 0 Å². The molecular weight excluding hydrogens is 731 g/mol. The molecule has 1 aliphatic heterocycles. The lowest BCUT2D eigenvalue weighted by Crippen LogP contribution is -2.29. The summed E-state index contributed by atoms with van der Waals surface area (Å²) in [6, 6.07) is 26.0. The summed E-state index contributed by atoms with van der Waals surface area (Å²) in [5.41, 5.74) is 6.97. The molecule has 3 aromatic heterocycles. The third-order valence-corrected chi connectivity index (χ3v) is 13.8. The highest BCUT2D eigenvalue weighted by Crippen LogP contribution is 2.38. The molecule has 1 N–H and O–H groups in total. The number of nitrogens with one attached hydrogen (secondary N) is 1. The van der Waals surface area contributed by atoms with Gasteiger partial charge < -0.3 is 5.32 Å². The van der Waals surface area contributed by atoms with Crippen LogP contribution in [-0.2, 0) is 17.6 Å². The van der Waals surface area contributed by atoms with Gasteiger partial charge in [-0.3, -0.25) is 23.7 Å². The van der Waals surface area contributed by atoms with Gasteiger partial charge in [-0.15, -0.1) is 22.7 Å². The molecule has 0 saturated heterocycles. The first-order valence-electron chi connectivity index (χ1n) is 16.9. The fourth-order valence-corrected chi connectivity index (χ4v) is 11.2. The Labute approximate surface area is 314 Å². The topological polar surface area (TPSA) is 114 Å². The van der Waals surface area contributed by atoms with Crippen LogP contribution in [0.3, 0.4) is 0 Å². The zero-order valence-electron chi connectivity index (χ0n) is 27.8. The van der Waals surface area contributed by atoms with Crippen molar-refractivity contribution in [1.82, 2.24) is 14.5 Å². The van der Waals surface area contributed by atoms with Crippen molar-refractivity contribution in [3.8, 4) is 0 Å². The quantitative estimate of drug-likeness (QED) is 0.121. The van der Waals surface area contributed by atoms with Crippen molar-refractivity contribution in [3.05, 3.63) is 107 Å². The average molecular weight is 760 g/mol. The van der Waals surface area contributed by atoms with Gasteiger partial charge in [0.1, 0.15) is 0 Å². The SMILES string of the molecule is CC(Sc1nc2ccc(N3C(=O)c4ccccc4C3=O)cc2s1)C(=O)Nc1ccc2nc(SCC(=O)n3c4c(c5ccccc53)CCCC4)sc2c1. The van der Waals surface area contributed by atoms with Gasteiger partial charge in [0.2, 0.25) is 11.8 Å². The molecule has 1 unspecified atom stereocenters. The van der Waals surface area contributed by atoms with Crippen LogP contribution in [-0.4, -0.2) is 49.2 Å². The van der Waals surface area contributed by atoms with E-state index in [0.29, 0.717) is 32.6 Å². The molecule has 1 atom stereocenters. The highest BCUT2D eigenvalue weighted by molar-refractivity contribution is 8.02. The summed E-state index contributed by atoms with van der Waals surface area (Å²) in [7, 11) is 0. The summed E-state index contributed by atoms with van der Waals surface area (Å²) in [6.45, 7) is 1.83. The van der Waals surface area contributed by atoms with Crippen LogP contribution in [0, 0.1) is 0 Å². The summed E-state index contributed by atoms with van der Waals surface area (Å²) in [4.78, 5) is 63.5. The van der Waals surface area contributed by atoms with Crippen LogP contribution < -0.4 is 10.2 Å². The second kappa shape index (κ2) is 13.3. The van der Waals surface area contributed by atoms with Gasteiger partial charge in [-0.25, -0.2) is 14.9 Å². The van der Waals surface area contributed by atoms with Gasteiger partial charge >= 0.3 is 0 Å². The number of amides is 3. The van der Waals surface area contributed by atoms with Crippen LogP contribution >= 0.6 is 46.2 Å². The first-order chi connectivity index (χ1) is 25.3. The molecule has 1 aliphatic carbocycles. The minimum atomic E-state index is -0.443. The minimum Gasteiger partial charge on any atom is -0.325 e. The third-order valence-electron chi connectivity index (χ3n) is 9.44. The summed E-state index contributed by atoms with van der Waals surface area (Å²) in [5.74, 6) is -0.489. The summed E-state index contributed by atoms with van der Waals surface area (Å²) < 4.78 is 5.19. The van der Waals surface area contributed by atoms with Crippen molar-refractivity contribution in [2.24, 2.45) is 0 Å². The molecule has 9 rings (SSSR count). The molecule has 0 fully saturated rings. The number of hydrogen-bond donors (Lipinski definition) is 1. The van der Waals surface area contributed by atoms with E-state index in [1.54, 1.807) is 42.5 Å². The van der Waals surface area contributed by atoms with Gasteiger partial charge in [-0.05, 0) is 92.8 Å². The summed E-state index contributed by atoms with van der Waals surface area (Å²) in [6.07, 6.45) is 4.20. The summed E-state index contributed by atoms with van der Waals surface area (Å²) in [5, 5.41) is 3.77. The Morgan fingerprint density at radius 3 is 2.31 bits per heavy atom. The van der Waals surface area contributed by atoms with Gasteiger partial charge in [-0.2, -0.15) is 0 Å². The number of aromatic nitrogens is 3. The molecule has 0 saturated carbocycles. The highest BCUT2D eigenvalue weighted by atomic mass is 32.2. The molecule has 0 spiro atoms. The number of carbonyl (C=O) groups excluding carboxylic acids is 4. The number of anilines is 2. The number of thiazole rings is 2. The lowest BCUT2D eigenvalue weighted by atomic mass is 9.96.